The summed E-state index contributed by atoms with van der Waals surface area (Å²) in [5.41, 5.74) is 1.64. The Balaban J connectivity index is 0.937. The van der Waals surface area contributed by atoms with Crippen LogP contribution in [0.4, 0.5) is 0 Å². The molecule has 1 saturated heterocycles. The van der Waals surface area contributed by atoms with Gasteiger partial charge in [0, 0.05) is 44.9 Å². The Morgan fingerprint density at radius 3 is 2.17 bits per heavy atom. The van der Waals surface area contributed by atoms with Gasteiger partial charge in [0.25, 0.3) is 0 Å². The maximum absolute atomic E-state index is 16.4. The average molecular weight is 1040 g/mol. The zero-order valence-corrected chi connectivity index (χ0v) is 48.2. The van der Waals surface area contributed by atoms with Gasteiger partial charge in [-0.3, -0.25) is 14.4 Å². The first-order valence-electron chi connectivity index (χ1n) is 29.3. The molecule has 0 radical (unpaired) electrons. The van der Waals surface area contributed by atoms with Crippen molar-refractivity contribution in [3.8, 4) is 11.3 Å². The molecule has 0 spiro atoms. The summed E-state index contributed by atoms with van der Waals surface area (Å²) in [4.78, 5) is 54.1. The van der Waals surface area contributed by atoms with E-state index in [0.717, 1.165) is 99.9 Å². The molecule has 414 valence electrons. The number of nitrogens with zero attached hydrogens (tertiary/aromatic N) is 4. The number of aromatic nitrogens is 2. The molecule has 11 heteroatoms. The second kappa shape index (κ2) is 20.1. The molecule has 14 atom stereocenters. The van der Waals surface area contributed by atoms with Gasteiger partial charge in [0.2, 0.25) is 5.91 Å². The summed E-state index contributed by atoms with van der Waals surface area (Å²) in [5.74, 6) is 1.30. The van der Waals surface area contributed by atoms with Crippen LogP contribution in [0.25, 0.3) is 11.3 Å². The second-order valence-corrected chi connectivity index (χ2v) is 27.6. The van der Waals surface area contributed by atoms with Gasteiger partial charge in [-0.25, -0.2) is 4.98 Å². The van der Waals surface area contributed by atoms with Gasteiger partial charge >= 0.3 is 11.9 Å². The Morgan fingerprint density at radius 1 is 0.816 bits per heavy atom. The second-order valence-electron chi connectivity index (χ2n) is 27.6. The number of allylic oxidation sites excluding steroid dienone is 1. The number of fused-ring (bicyclic) bond motifs is 7. The minimum atomic E-state index is -1.03. The van der Waals surface area contributed by atoms with Crippen LogP contribution in [-0.2, 0) is 41.7 Å². The summed E-state index contributed by atoms with van der Waals surface area (Å²) in [6.45, 7) is 27.0. The van der Waals surface area contributed by atoms with Crippen molar-refractivity contribution < 1.29 is 33.7 Å². The Kier molecular flexibility index (Phi) is 14.5. The minimum Gasteiger partial charge on any atom is -0.481 e. The lowest BCUT2D eigenvalue weighted by molar-refractivity contribution is -0.269. The molecule has 6 saturated carbocycles. The first kappa shape index (κ1) is 55.0. The van der Waals surface area contributed by atoms with Crippen molar-refractivity contribution in [2.24, 2.45) is 79.3 Å². The first-order valence-corrected chi connectivity index (χ1v) is 29.3. The molecule has 1 aliphatic heterocycles. The van der Waals surface area contributed by atoms with E-state index in [1.807, 2.05) is 50.2 Å². The standard InChI is InChI=1S/C65H92N4O7/c1-42(2)46-25-30-64(57(71)69-39-45(75-36-35-74-12)37-50(69)55-66-49(44-21-17-14-18-22-44)40-68(55)34-33-67(10)11)32-31-62(8)47(54(46)64)23-24-53-61(7)28-26-52(59(3,4)51(61)27-29-63(53,62)9)65(58(72)73)38-48(60(65,5)6)56(70)76-41-43-19-15-13-16-20-43/h13-22,40,45-48,50-54H,1,23-39,41H2,2-12H3,(H,72,73)/t45-,46?,47-,48+,50+,51-,52+,53-,54-,61-,62-,63-,64+,65-/m1/s1. The van der Waals surface area contributed by atoms with Crippen molar-refractivity contribution in [3.63, 3.8) is 0 Å². The van der Waals surface area contributed by atoms with E-state index >= 15 is 4.79 Å². The molecule has 7 aliphatic rings. The summed E-state index contributed by atoms with van der Waals surface area (Å²) in [5, 5.41) is 11.5. The molecule has 0 bridgehead atoms. The van der Waals surface area contributed by atoms with Crippen LogP contribution in [0, 0.1) is 79.3 Å². The van der Waals surface area contributed by atoms with Crippen LogP contribution < -0.4 is 0 Å². The maximum atomic E-state index is 16.4. The molecule has 1 amide bonds. The number of ether oxygens (including phenoxy) is 3. The highest BCUT2D eigenvalue weighted by molar-refractivity contribution is 5.86. The van der Waals surface area contributed by atoms with Gasteiger partial charge < -0.3 is 33.7 Å². The predicted octanol–water partition coefficient (Wildman–Crippen LogP) is 12.6. The highest BCUT2D eigenvalue weighted by atomic mass is 16.5. The highest BCUT2D eigenvalue weighted by Crippen LogP contribution is 2.80. The van der Waals surface area contributed by atoms with Crippen molar-refractivity contribution in [3.05, 3.63) is 90.4 Å². The molecular weight excluding hydrogens is 949 g/mol. The molecule has 11 nitrogen and oxygen atoms in total. The SMILES string of the molecule is C=C(C)C1CC[C@]2(C(=O)N3C[C@H](OCCOC)C[C@H]3c3nc(-c4ccccc4)cn3CCN(C)C)CC[C@]3(C)[C@H](CC[C@@H]4[C@]5(C)CC[C@H]([C@@]6(C(=O)O)C[C@@H](C(=O)OCc7ccccc7)C6(C)C)C(C)(C)[C@H]5CC[C@]43C)[C@@H]12. The van der Waals surface area contributed by atoms with Crippen LogP contribution in [0.3, 0.4) is 0 Å². The van der Waals surface area contributed by atoms with Crippen molar-refractivity contribution in [1.29, 1.82) is 0 Å². The molecular formula is C65H92N4O7. The van der Waals surface area contributed by atoms with E-state index in [-0.39, 0.29) is 64.1 Å². The summed E-state index contributed by atoms with van der Waals surface area (Å²) >= 11 is 0. The fraction of sp³-hybridized carbons (Fsp3) is 0.692. The number of methoxy groups -OCH3 is 1. The molecule has 1 unspecified atom stereocenters. The number of carbonyl (C=O) groups excluding carboxylic acids is 2. The number of amides is 1. The summed E-state index contributed by atoms with van der Waals surface area (Å²) in [6, 6.07) is 19.9. The third-order valence-corrected chi connectivity index (χ3v) is 23.7. The highest BCUT2D eigenvalue weighted by Gasteiger charge is 2.77. The summed E-state index contributed by atoms with van der Waals surface area (Å²) < 4.78 is 20.2. The smallest absolute Gasteiger partial charge is 0.310 e. The van der Waals surface area contributed by atoms with Crippen molar-refractivity contribution in [2.45, 2.75) is 158 Å². The Bertz CT molecular complexity index is 2650. The number of aliphatic carboxylic acids is 1. The first-order chi connectivity index (χ1) is 36.0. The number of carboxylic acid groups (broad SMARTS) is 1. The number of rotatable bonds is 16. The normalized spacial score (nSPS) is 38.1. The van der Waals surface area contributed by atoms with Gasteiger partial charge in [-0.15, -0.1) is 0 Å². The van der Waals surface area contributed by atoms with Gasteiger partial charge in [0.15, 0.2) is 0 Å². The minimum absolute atomic E-state index is 0.00614. The van der Waals surface area contributed by atoms with Crippen LogP contribution in [0.15, 0.2) is 79.0 Å². The lowest BCUT2D eigenvalue weighted by atomic mass is 9.29. The Morgan fingerprint density at radius 2 is 1.51 bits per heavy atom. The number of imidazole rings is 1. The van der Waals surface area contributed by atoms with Crippen LogP contribution in [0.1, 0.15) is 150 Å². The van der Waals surface area contributed by atoms with Gasteiger partial charge in [-0.05, 0) is 160 Å². The number of hydrogen-bond donors (Lipinski definition) is 1. The van der Waals surface area contributed by atoms with E-state index in [1.165, 1.54) is 5.57 Å². The lowest BCUT2D eigenvalue weighted by Gasteiger charge is -2.74. The number of likely N-dealkylation sites (tertiary alicyclic amines) is 1. The van der Waals surface area contributed by atoms with Crippen LogP contribution >= 0.6 is 0 Å². The maximum Gasteiger partial charge on any atom is 0.310 e. The average Bonchev–Trinajstić information content (AvgIpc) is 4.21. The molecule has 2 aromatic carbocycles. The Labute approximate surface area is 455 Å². The van der Waals surface area contributed by atoms with E-state index in [2.05, 4.69) is 100 Å². The van der Waals surface area contributed by atoms with Crippen LogP contribution in [0.5, 0.6) is 0 Å². The fourth-order valence-electron chi connectivity index (χ4n) is 19.6. The number of hydrogen-bond acceptors (Lipinski definition) is 8. The number of esters is 1. The number of carboxylic acids is 1. The lowest BCUT2D eigenvalue weighted by Crippen LogP contribution is -2.71. The van der Waals surface area contributed by atoms with E-state index in [1.54, 1.807) is 7.11 Å². The monoisotopic (exact) mass is 1040 g/mol. The molecule has 10 rings (SSSR count). The van der Waals surface area contributed by atoms with Crippen LogP contribution in [0.2, 0.25) is 0 Å². The van der Waals surface area contributed by atoms with Gasteiger partial charge in [0.1, 0.15) is 12.4 Å². The topological polar surface area (TPSA) is 123 Å². The largest absolute Gasteiger partial charge is 0.481 e. The third kappa shape index (κ3) is 8.41. The van der Waals surface area contributed by atoms with Crippen molar-refractivity contribution in [2.75, 3.05) is 47.5 Å². The Hall–Kier alpha value is -4.32. The summed E-state index contributed by atoms with van der Waals surface area (Å²) in [6.07, 6.45) is 13.0. The van der Waals surface area contributed by atoms with E-state index in [4.69, 9.17) is 25.8 Å². The predicted molar refractivity (Wildman–Crippen MR) is 298 cm³/mol. The van der Waals surface area contributed by atoms with E-state index in [9.17, 15) is 14.7 Å². The molecule has 2 heterocycles. The fourth-order valence-corrected chi connectivity index (χ4v) is 19.6. The zero-order valence-electron chi connectivity index (χ0n) is 48.2. The number of benzene rings is 2. The molecule has 1 aromatic heterocycles. The molecule has 1 N–H and O–H groups in total. The number of carbonyl (C=O) groups is 3. The third-order valence-electron chi connectivity index (χ3n) is 23.7. The molecule has 3 aromatic rings. The van der Waals surface area contributed by atoms with Gasteiger partial charge in [0.05, 0.1) is 47.8 Å². The summed E-state index contributed by atoms with van der Waals surface area (Å²) in [7, 11) is 5.93. The quantitative estimate of drug-likeness (QED) is 0.0848. The van der Waals surface area contributed by atoms with Gasteiger partial charge in [-0.1, -0.05) is 121 Å². The van der Waals surface area contributed by atoms with E-state index in [0.29, 0.717) is 56.3 Å². The van der Waals surface area contributed by atoms with E-state index < -0.39 is 28.1 Å². The molecule has 6 aliphatic carbocycles. The molecule has 7 fully saturated rings. The zero-order chi connectivity index (χ0) is 54.4. The van der Waals surface area contributed by atoms with Crippen molar-refractivity contribution >= 4 is 17.8 Å². The molecule has 76 heavy (non-hydrogen) atoms. The number of likely N-dealkylation sites (N-methyl/N-ethyl adjacent to an activating group) is 1. The van der Waals surface area contributed by atoms with Crippen molar-refractivity contribution in [1.82, 2.24) is 19.4 Å². The van der Waals surface area contributed by atoms with Crippen LogP contribution in [-0.4, -0.2) is 95.9 Å². The van der Waals surface area contributed by atoms with Gasteiger partial charge in [-0.2, -0.15) is 0 Å².